The molecule has 0 atom stereocenters. The van der Waals surface area contributed by atoms with Gasteiger partial charge in [0, 0.05) is 16.7 Å². The van der Waals surface area contributed by atoms with Gasteiger partial charge in [0.15, 0.2) is 17.5 Å². The second kappa shape index (κ2) is 12.4. The van der Waals surface area contributed by atoms with Crippen molar-refractivity contribution in [3.8, 4) is 78.7 Å². The first-order chi connectivity index (χ1) is 27.3. The maximum Gasteiger partial charge on any atom is 0.164 e. The fraction of sp³-hybridized carbons (Fsp3) is 0.0192. The molecule has 0 radical (unpaired) electrons. The van der Waals surface area contributed by atoms with Crippen molar-refractivity contribution in [1.82, 2.24) is 15.0 Å². The van der Waals surface area contributed by atoms with Crippen molar-refractivity contribution in [3.05, 3.63) is 222 Å². The molecule has 0 aliphatic heterocycles. The predicted molar refractivity (Wildman–Crippen MR) is 223 cm³/mol. The van der Waals surface area contributed by atoms with E-state index in [1.165, 1.54) is 55.6 Å². The van der Waals surface area contributed by atoms with Crippen LogP contribution in [0.2, 0.25) is 0 Å². The molecule has 0 unspecified atom stereocenters. The molecule has 0 saturated carbocycles. The molecule has 11 rings (SSSR count). The van der Waals surface area contributed by atoms with Crippen LogP contribution in [0.5, 0.6) is 0 Å². The zero-order valence-corrected chi connectivity index (χ0v) is 29.9. The Balaban J connectivity index is 1.07. The quantitative estimate of drug-likeness (QED) is 0.179. The summed E-state index contributed by atoms with van der Waals surface area (Å²) in [6, 6.07) is 71.5. The van der Waals surface area contributed by atoms with Gasteiger partial charge in [-0.15, -0.1) is 0 Å². The summed E-state index contributed by atoms with van der Waals surface area (Å²) in [5.41, 5.74) is 17.3. The van der Waals surface area contributed by atoms with Crippen molar-refractivity contribution in [2.45, 2.75) is 5.41 Å². The van der Waals surface area contributed by atoms with Crippen LogP contribution in [0, 0.1) is 0 Å². The van der Waals surface area contributed by atoms with Crippen LogP contribution < -0.4 is 0 Å². The SMILES string of the molecule is c1ccc(-c2ccc(-c3cccc(-c4nc(-c5ccccc5)nc(-c5ccc6c(c5)C5(c7ccccc7-c7ccccc75)c5ccccc5-6)n4)c3)cc2)cc1. The molecule has 55 heavy (non-hydrogen) atoms. The molecule has 3 nitrogen and oxygen atoms in total. The van der Waals surface area contributed by atoms with E-state index in [9.17, 15) is 0 Å². The lowest BCUT2D eigenvalue weighted by Crippen LogP contribution is -2.25. The van der Waals surface area contributed by atoms with Crippen LogP contribution >= 0.6 is 0 Å². The van der Waals surface area contributed by atoms with Gasteiger partial charge in [-0.25, -0.2) is 15.0 Å². The van der Waals surface area contributed by atoms with Crippen LogP contribution in [-0.2, 0) is 5.41 Å². The van der Waals surface area contributed by atoms with Gasteiger partial charge in [0.25, 0.3) is 0 Å². The molecule has 1 spiro atoms. The van der Waals surface area contributed by atoms with Crippen LogP contribution in [-0.4, -0.2) is 15.0 Å². The molecule has 1 heterocycles. The van der Waals surface area contributed by atoms with Crippen LogP contribution in [0.3, 0.4) is 0 Å². The van der Waals surface area contributed by atoms with Gasteiger partial charge in [0.2, 0.25) is 0 Å². The van der Waals surface area contributed by atoms with Crippen molar-refractivity contribution >= 4 is 0 Å². The third kappa shape index (κ3) is 4.87. The highest BCUT2D eigenvalue weighted by atomic mass is 15.0. The van der Waals surface area contributed by atoms with Gasteiger partial charge in [0.05, 0.1) is 5.41 Å². The highest BCUT2D eigenvalue weighted by Gasteiger charge is 2.51. The van der Waals surface area contributed by atoms with E-state index in [1.807, 2.05) is 24.3 Å². The summed E-state index contributed by atoms with van der Waals surface area (Å²) in [7, 11) is 0. The lowest BCUT2D eigenvalue weighted by molar-refractivity contribution is 0.794. The number of hydrogen-bond donors (Lipinski definition) is 0. The zero-order chi connectivity index (χ0) is 36.3. The normalized spacial score (nSPS) is 12.9. The standard InChI is InChI=1S/C52H33N3/c1-3-14-34(15-4-1)35-26-28-36(29-27-35)38-18-13-19-39(32-38)50-53-49(37-16-5-2-6-17-37)54-51(55-50)40-30-31-44-43-22-9-12-25-47(43)52(48(44)33-40)45-23-10-7-20-41(45)42-21-8-11-24-46(42)52/h1-33H. The molecule has 0 bridgehead atoms. The topological polar surface area (TPSA) is 38.7 Å². The third-order valence-corrected chi connectivity index (χ3v) is 11.4. The molecule has 3 heteroatoms. The summed E-state index contributed by atoms with van der Waals surface area (Å²) < 4.78 is 0. The van der Waals surface area contributed by atoms with Gasteiger partial charge >= 0.3 is 0 Å². The Morgan fingerprint density at radius 3 is 1.16 bits per heavy atom. The maximum absolute atomic E-state index is 5.24. The Labute approximate surface area is 320 Å². The second-order valence-electron chi connectivity index (χ2n) is 14.3. The fourth-order valence-corrected chi connectivity index (χ4v) is 8.91. The minimum atomic E-state index is -0.447. The van der Waals surface area contributed by atoms with Gasteiger partial charge in [0.1, 0.15) is 0 Å². The first kappa shape index (κ1) is 31.3. The van der Waals surface area contributed by atoms with Crippen molar-refractivity contribution in [2.24, 2.45) is 0 Å². The summed E-state index contributed by atoms with van der Waals surface area (Å²) >= 11 is 0. The van der Waals surface area contributed by atoms with Gasteiger partial charge in [-0.2, -0.15) is 0 Å². The minimum absolute atomic E-state index is 0.447. The van der Waals surface area contributed by atoms with E-state index in [1.54, 1.807) is 0 Å². The van der Waals surface area contributed by atoms with E-state index in [-0.39, 0.29) is 0 Å². The summed E-state index contributed by atoms with van der Waals surface area (Å²) in [5, 5.41) is 0. The van der Waals surface area contributed by atoms with Gasteiger partial charge in [-0.05, 0) is 78.9 Å². The molecule has 2 aliphatic rings. The van der Waals surface area contributed by atoms with E-state index in [0.717, 1.165) is 27.8 Å². The zero-order valence-electron chi connectivity index (χ0n) is 29.9. The smallest absolute Gasteiger partial charge is 0.164 e. The Bertz CT molecular complexity index is 2850. The second-order valence-corrected chi connectivity index (χ2v) is 14.3. The third-order valence-electron chi connectivity index (χ3n) is 11.4. The van der Waals surface area contributed by atoms with E-state index < -0.39 is 5.41 Å². The predicted octanol–water partition coefficient (Wildman–Crippen LogP) is 12.6. The summed E-state index contributed by atoms with van der Waals surface area (Å²) in [5.74, 6) is 1.94. The summed E-state index contributed by atoms with van der Waals surface area (Å²) in [6.45, 7) is 0. The van der Waals surface area contributed by atoms with Crippen molar-refractivity contribution in [1.29, 1.82) is 0 Å². The van der Waals surface area contributed by atoms with E-state index in [2.05, 4.69) is 176 Å². The Morgan fingerprint density at radius 2 is 0.600 bits per heavy atom. The highest BCUT2D eigenvalue weighted by molar-refractivity contribution is 5.95. The summed E-state index contributed by atoms with van der Waals surface area (Å²) in [4.78, 5) is 15.5. The molecule has 9 aromatic rings. The number of fused-ring (bicyclic) bond motifs is 10. The van der Waals surface area contributed by atoms with Crippen molar-refractivity contribution in [2.75, 3.05) is 0 Å². The van der Waals surface area contributed by atoms with Crippen molar-refractivity contribution in [3.63, 3.8) is 0 Å². The monoisotopic (exact) mass is 699 g/mol. The Hall–Kier alpha value is -7.23. The van der Waals surface area contributed by atoms with Crippen LogP contribution in [0.1, 0.15) is 22.3 Å². The molecule has 2 aliphatic carbocycles. The summed E-state index contributed by atoms with van der Waals surface area (Å²) in [6.07, 6.45) is 0. The molecule has 0 fully saturated rings. The maximum atomic E-state index is 5.24. The van der Waals surface area contributed by atoms with Gasteiger partial charge in [-0.3, -0.25) is 0 Å². The molecule has 0 amide bonds. The van der Waals surface area contributed by atoms with Crippen LogP contribution in [0.4, 0.5) is 0 Å². The fourth-order valence-electron chi connectivity index (χ4n) is 8.91. The van der Waals surface area contributed by atoms with Crippen molar-refractivity contribution < 1.29 is 0 Å². The molecule has 8 aromatic carbocycles. The number of aromatic nitrogens is 3. The van der Waals surface area contributed by atoms with Crippen LogP contribution in [0.25, 0.3) is 78.7 Å². The van der Waals surface area contributed by atoms with E-state index in [4.69, 9.17) is 15.0 Å². The molecular formula is C52H33N3. The van der Waals surface area contributed by atoms with Crippen LogP contribution in [0.15, 0.2) is 200 Å². The first-order valence-electron chi connectivity index (χ1n) is 18.8. The lowest BCUT2D eigenvalue weighted by Gasteiger charge is -2.30. The molecular weight excluding hydrogens is 667 g/mol. The van der Waals surface area contributed by atoms with Gasteiger partial charge < -0.3 is 0 Å². The Morgan fingerprint density at radius 1 is 0.236 bits per heavy atom. The number of nitrogens with zero attached hydrogens (tertiary/aromatic N) is 3. The van der Waals surface area contributed by atoms with Gasteiger partial charge in [-0.1, -0.05) is 188 Å². The number of rotatable bonds is 5. The number of benzene rings is 8. The largest absolute Gasteiger partial charge is 0.208 e. The molecule has 0 saturated heterocycles. The first-order valence-corrected chi connectivity index (χ1v) is 18.8. The average Bonchev–Trinajstić information content (AvgIpc) is 3.74. The molecule has 256 valence electrons. The van der Waals surface area contributed by atoms with E-state index >= 15 is 0 Å². The molecule has 0 N–H and O–H groups in total. The highest BCUT2D eigenvalue weighted by Crippen LogP contribution is 2.63. The minimum Gasteiger partial charge on any atom is -0.208 e. The average molecular weight is 700 g/mol. The number of hydrogen-bond acceptors (Lipinski definition) is 3. The van der Waals surface area contributed by atoms with E-state index in [0.29, 0.717) is 17.5 Å². The Kier molecular flexibility index (Phi) is 7.08. The molecule has 1 aromatic heterocycles. The lowest BCUT2D eigenvalue weighted by atomic mass is 9.70.